The number of hydrogen-bond acceptors (Lipinski definition) is 3. The van der Waals surface area contributed by atoms with Gasteiger partial charge in [0, 0.05) is 10.6 Å². The van der Waals surface area contributed by atoms with Gasteiger partial charge in [0.25, 0.3) is 0 Å². The van der Waals surface area contributed by atoms with Gasteiger partial charge in [-0.2, -0.15) is 0 Å². The molecule has 0 aliphatic rings. The fourth-order valence-corrected chi connectivity index (χ4v) is 3.26. The lowest BCUT2D eigenvalue weighted by atomic mass is 10.0. The van der Waals surface area contributed by atoms with Gasteiger partial charge < -0.3 is 10.4 Å². The molecule has 2 N–H and O–H groups in total. The summed E-state index contributed by atoms with van der Waals surface area (Å²) in [5.41, 5.74) is 2.20. The Morgan fingerprint density at radius 2 is 1.91 bits per heavy atom. The third kappa shape index (κ3) is 3.48. The first-order chi connectivity index (χ1) is 10.3. The summed E-state index contributed by atoms with van der Waals surface area (Å²) >= 11 is 7.25. The Morgan fingerprint density at radius 1 is 1.23 bits per heavy atom. The normalized spacial score (nSPS) is 12.0. The molecule has 1 heterocycles. The van der Waals surface area contributed by atoms with E-state index in [1.54, 1.807) is 26.0 Å². The number of thiophene rings is 1. The van der Waals surface area contributed by atoms with Crippen LogP contribution in [0.2, 0.25) is 4.34 Å². The Kier molecular flexibility index (Phi) is 4.88. The second kappa shape index (κ2) is 6.50. The van der Waals surface area contributed by atoms with Gasteiger partial charge in [0.2, 0.25) is 5.91 Å². The van der Waals surface area contributed by atoms with Gasteiger partial charge in [0.15, 0.2) is 0 Å². The molecule has 0 saturated heterocycles. The number of carboxylic acid groups (broad SMARTS) is 1. The Bertz CT molecular complexity index is 739. The molecule has 6 heteroatoms. The highest BCUT2D eigenvalue weighted by molar-refractivity contribution is 7.16. The molecule has 0 bridgehead atoms. The minimum absolute atomic E-state index is 0.188. The lowest BCUT2D eigenvalue weighted by Crippen LogP contribution is -2.19. The van der Waals surface area contributed by atoms with Crippen molar-refractivity contribution >= 4 is 40.5 Å². The Labute approximate surface area is 137 Å². The molecule has 2 aromatic rings. The summed E-state index contributed by atoms with van der Waals surface area (Å²) < 4.78 is 0.634. The van der Waals surface area contributed by atoms with Crippen LogP contribution in [-0.2, 0) is 4.79 Å². The first kappa shape index (κ1) is 16.5. The molecule has 0 saturated carbocycles. The molecular formula is C16H16ClNO3S. The number of amides is 1. The third-order valence-electron chi connectivity index (χ3n) is 3.47. The monoisotopic (exact) mass is 337 g/mol. The van der Waals surface area contributed by atoms with Crippen molar-refractivity contribution in [2.45, 2.75) is 26.7 Å². The molecule has 2 rings (SSSR count). The SMILES string of the molecule is Cc1cc(C)c(C(=O)O)cc1NC(=O)C(C)c1ccc(Cl)s1. The second-order valence-electron chi connectivity index (χ2n) is 5.14. The zero-order valence-electron chi connectivity index (χ0n) is 12.4. The van der Waals surface area contributed by atoms with E-state index in [9.17, 15) is 14.7 Å². The first-order valence-electron chi connectivity index (χ1n) is 6.70. The number of nitrogens with one attached hydrogen (secondary N) is 1. The van der Waals surface area contributed by atoms with Crippen molar-refractivity contribution in [2.75, 3.05) is 5.32 Å². The van der Waals surface area contributed by atoms with Crippen molar-refractivity contribution in [3.8, 4) is 0 Å². The van der Waals surface area contributed by atoms with Crippen molar-refractivity contribution in [1.82, 2.24) is 0 Å². The van der Waals surface area contributed by atoms with E-state index in [0.29, 0.717) is 15.6 Å². The molecular weight excluding hydrogens is 322 g/mol. The van der Waals surface area contributed by atoms with Crippen molar-refractivity contribution in [1.29, 1.82) is 0 Å². The van der Waals surface area contributed by atoms with Crippen LogP contribution in [0.1, 0.15) is 39.2 Å². The number of anilines is 1. The van der Waals surface area contributed by atoms with Gasteiger partial charge in [-0.1, -0.05) is 17.7 Å². The molecule has 1 aromatic carbocycles. The minimum Gasteiger partial charge on any atom is -0.478 e. The fraction of sp³-hybridized carbons (Fsp3) is 0.250. The van der Waals surface area contributed by atoms with Gasteiger partial charge in [0.05, 0.1) is 15.8 Å². The molecule has 116 valence electrons. The maximum atomic E-state index is 12.3. The number of carboxylic acids is 1. The Balaban J connectivity index is 2.24. The summed E-state index contributed by atoms with van der Waals surface area (Å²) in [6.07, 6.45) is 0. The predicted octanol–water partition coefficient (Wildman–Crippen LogP) is 4.46. The van der Waals surface area contributed by atoms with Crippen LogP contribution in [0.3, 0.4) is 0 Å². The summed E-state index contributed by atoms with van der Waals surface area (Å²) in [6, 6.07) is 6.83. The van der Waals surface area contributed by atoms with Crippen LogP contribution in [0.15, 0.2) is 24.3 Å². The molecule has 0 aliphatic carbocycles. The number of benzene rings is 1. The highest BCUT2D eigenvalue weighted by Crippen LogP contribution is 2.29. The highest BCUT2D eigenvalue weighted by atomic mass is 35.5. The zero-order valence-corrected chi connectivity index (χ0v) is 14.0. The number of aryl methyl sites for hydroxylation is 2. The number of carbonyl (C=O) groups excluding carboxylic acids is 1. The van der Waals surface area contributed by atoms with Crippen LogP contribution in [-0.4, -0.2) is 17.0 Å². The van der Waals surface area contributed by atoms with Crippen LogP contribution in [0.25, 0.3) is 0 Å². The number of rotatable bonds is 4. The van der Waals surface area contributed by atoms with Crippen molar-refractivity contribution in [3.05, 3.63) is 50.2 Å². The molecule has 0 aliphatic heterocycles. The van der Waals surface area contributed by atoms with E-state index < -0.39 is 5.97 Å². The summed E-state index contributed by atoms with van der Waals surface area (Å²) in [5, 5.41) is 12.0. The van der Waals surface area contributed by atoms with E-state index in [2.05, 4.69) is 5.32 Å². The molecule has 1 atom stereocenters. The van der Waals surface area contributed by atoms with Crippen molar-refractivity contribution in [3.63, 3.8) is 0 Å². The first-order valence-corrected chi connectivity index (χ1v) is 7.89. The maximum absolute atomic E-state index is 12.3. The van der Waals surface area contributed by atoms with Crippen molar-refractivity contribution < 1.29 is 14.7 Å². The topological polar surface area (TPSA) is 66.4 Å². The van der Waals surface area contributed by atoms with Gasteiger partial charge in [-0.3, -0.25) is 4.79 Å². The lowest BCUT2D eigenvalue weighted by molar-refractivity contribution is -0.117. The smallest absolute Gasteiger partial charge is 0.336 e. The summed E-state index contributed by atoms with van der Waals surface area (Å²) in [5.74, 6) is -1.56. The molecule has 4 nitrogen and oxygen atoms in total. The van der Waals surface area contributed by atoms with E-state index in [-0.39, 0.29) is 17.4 Å². The maximum Gasteiger partial charge on any atom is 0.336 e. The van der Waals surface area contributed by atoms with Crippen LogP contribution in [0.4, 0.5) is 5.69 Å². The lowest BCUT2D eigenvalue weighted by Gasteiger charge is -2.14. The van der Waals surface area contributed by atoms with E-state index in [1.165, 1.54) is 17.4 Å². The summed E-state index contributed by atoms with van der Waals surface area (Å²) in [4.78, 5) is 24.4. The molecule has 22 heavy (non-hydrogen) atoms. The molecule has 0 spiro atoms. The quantitative estimate of drug-likeness (QED) is 0.865. The van der Waals surface area contributed by atoms with E-state index in [1.807, 2.05) is 13.0 Å². The number of aromatic carboxylic acids is 1. The van der Waals surface area contributed by atoms with Gasteiger partial charge in [-0.05, 0) is 50.1 Å². The number of halogens is 1. The van der Waals surface area contributed by atoms with E-state index in [4.69, 9.17) is 11.6 Å². The van der Waals surface area contributed by atoms with Crippen LogP contribution < -0.4 is 5.32 Å². The number of hydrogen-bond donors (Lipinski definition) is 2. The Morgan fingerprint density at radius 3 is 2.45 bits per heavy atom. The van der Waals surface area contributed by atoms with Crippen LogP contribution in [0, 0.1) is 13.8 Å². The van der Waals surface area contributed by atoms with Gasteiger partial charge in [-0.15, -0.1) is 11.3 Å². The predicted molar refractivity (Wildman–Crippen MR) is 89.2 cm³/mol. The van der Waals surface area contributed by atoms with Gasteiger partial charge in [0.1, 0.15) is 0 Å². The largest absolute Gasteiger partial charge is 0.478 e. The third-order valence-corrected chi connectivity index (χ3v) is 4.89. The number of carbonyl (C=O) groups is 2. The van der Waals surface area contributed by atoms with Crippen LogP contribution >= 0.6 is 22.9 Å². The minimum atomic E-state index is -1.01. The summed E-state index contributed by atoms with van der Waals surface area (Å²) in [7, 11) is 0. The molecule has 1 amide bonds. The van der Waals surface area contributed by atoms with Gasteiger partial charge in [-0.25, -0.2) is 4.79 Å². The van der Waals surface area contributed by atoms with E-state index in [0.717, 1.165) is 10.4 Å². The summed E-state index contributed by atoms with van der Waals surface area (Å²) in [6.45, 7) is 5.36. The van der Waals surface area contributed by atoms with Crippen LogP contribution in [0.5, 0.6) is 0 Å². The average Bonchev–Trinajstić information content (AvgIpc) is 2.87. The highest BCUT2D eigenvalue weighted by Gasteiger charge is 2.19. The molecule has 1 aromatic heterocycles. The fourth-order valence-electron chi connectivity index (χ4n) is 2.15. The molecule has 0 fully saturated rings. The van der Waals surface area contributed by atoms with Crippen molar-refractivity contribution in [2.24, 2.45) is 0 Å². The zero-order chi connectivity index (χ0) is 16.4. The average molecular weight is 338 g/mol. The second-order valence-corrected chi connectivity index (χ2v) is 6.89. The molecule has 1 unspecified atom stereocenters. The van der Waals surface area contributed by atoms with E-state index >= 15 is 0 Å². The van der Waals surface area contributed by atoms with Gasteiger partial charge >= 0.3 is 5.97 Å². The molecule has 0 radical (unpaired) electrons. The standard InChI is InChI=1S/C16H16ClNO3S/c1-8-6-9(2)12(7-11(8)16(20)21)18-15(19)10(3)13-4-5-14(17)22-13/h4-7,10H,1-3H3,(H,18,19)(H,20,21). The Hall–Kier alpha value is -1.85.